The third-order valence-corrected chi connectivity index (χ3v) is 2.88. The highest BCUT2D eigenvalue weighted by Crippen LogP contribution is 2.30. The molecule has 0 amide bonds. The maximum Gasteiger partial charge on any atom is 0.243 e. The van der Waals surface area contributed by atoms with Crippen LogP contribution in [0.2, 0.25) is 0 Å². The maximum atomic E-state index is 13.3. The summed E-state index contributed by atoms with van der Waals surface area (Å²) in [6.07, 6.45) is 0. The normalized spacial score (nSPS) is 12.8. The summed E-state index contributed by atoms with van der Waals surface area (Å²) in [6, 6.07) is 1.94. The van der Waals surface area contributed by atoms with E-state index in [-0.39, 0.29) is 16.2 Å². The van der Waals surface area contributed by atoms with E-state index in [1.165, 1.54) is 6.07 Å². The molecule has 90 valence electrons. The Balaban J connectivity index is 2.49. The minimum Gasteiger partial charge on any atom is -0.337 e. The second kappa shape index (κ2) is 4.50. The Bertz CT molecular complexity index is 556. The van der Waals surface area contributed by atoms with E-state index in [9.17, 15) is 8.78 Å². The summed E-state index contributed by atoms with van der Waals surface area (Å²) in [5.41, 5.74) is 5.86. The standard InChI is InChI=1S/C10H8BrF2N3O/c1-4(14)10-15-9(16-17-10)5-2-3-6(12)8(13)7(5)11/h2-4H,14H2,1H3. The molecule has 2 rings (SSSR count). The van der Waals surface area contributed by atoms with Crippen LogP contribution in [0.15, 0.2) is 21.1 Å². The van der Waals surface area contributed by atoms with E-state index in [1.807, 2.05) is 0 Å². The first-order valence-corrected chi connectivity index (χ1v) is 5.53. The van der Waals surface area contributed by atoms with Crippen molar-refractivity contribution in [1.82, 2.24) is 10.1 Å². The van der Waals surface area contributed by atoms with Gasteiger partial charge in [-0.2, -0.15) is 4.98 Å². The van der Waals surface area contributed by atoms with Gasteiger partial charge >= 0.3 is 0 Å². The zero-order valence-electron chi connectivity index (χ0n) is 8.75. The predicted octanol–water partition coefficient (Wildman–Crippen LogP) is 2.80. The molecule has 1 unspecified atom stereocenters. The van der Waals surface area contributed by atoms with Crippen LogP contribution in [0.25, 0.3) is 11.4 Å². The number of aromatic nitrogens is 2. The molecule has 0 spiro atoms. The Morgan fingerprint density at radius 2 is 2.12 bits per heavy atom. The quantitative estimate of drug-likeness (QED) is 0.866. The summed E-state index contributed by atoms with van der Waals surface area (Å²) in [5, 5.41) is 3.65. The van der Waals surface area contributed by atoms with Gasteiger partial charge in [0.15, 0.2) is 11.6 Å². The molecule has 0 fully saturated rings. The molecule has 17 heavy (non-hydrogen) atoms. The number of benzene rings is 1. The highest BCUT2D eigenvalue weighted by atomic mass is 79.9. The number of hydrogen-bond acceptors (Lipinski definition) is 4. The monoisotopic (exact) mass is 303 g/mol. The van der Waals surface area contributed by atoms with Crippen molar-refractivity contribution >= 4 is 15.9 Å². The lowest BCUT2D eigenvalue weighted by molar-refractivity contribution is 0.362. The van der Waals surface area contributed by atoms with E-state index in [0.29, 0.717) is 5.56 Å². The lowest BCUT2D eigenvalue weighted by atomic mass is 10.2. The second-order valence-corrected chi connectivity index (χ2v) is 4.26. The third-order valence-electron chi connectivity index (χ3n) is 2.11. The smallest absolute Gasteiger partial charge is 0.243 e. The Kier molecular flexibility index (Phi) is 3.21. The Hall–Kier alpha value is -1.34. The molecular formula is C10H8BrF2N3O. The highest BCUT2D eigenvalue weighted by molar-refractivity contribution is 9.10. The van der Waals surface area contributed by atoms with Crippen molar-refractivity contribution in [1.29, 1.82) is 0 Å². The summed E-state index contributed by atoms with van der Waals surface area (Å²) in [7, 11) is 0. The van der Waals surface area contributed by atoms with Gasteiger partial charge in [-0.3, -0.25) is 0 Å². The van der Waals surface area contributed by atoms with Gasteiger partial charge in [0.05, 0.1) is 10.5 Å². The van der Waals surface area contributed by atoms with Crippen molar-refractivity contribution in [2.45, 2.75) is 13.0 Å². The van der Waals surface area contributed by atoms with Gasteiger partial charge in [0.1, 0.15) is 0 Å². The fourth-order valence-corrected chi connectivity index (χ4v) is 1.73. The molecule has 7 heteroatoms. The van der Waals surface area contributed by atoms with E-state index >= 15 is 0 Å². The SMILES string of the molecule is CC(N)c1nc(-c2ccc(F)c(F)c2Br)no1. The van der Waals surface area contributed by atoms with Crippen LogP contribution in [-0.2, 0) is 0 Å². The number of nitrogens with zero attached hydrogens (tertiary/aromatic N) is 2. The van der Waals surface area contributed by atoms with Crippen LogP contribution in [0.5, 0.6) is 0 Å². The van der Waals surface area contributed by atoms with Crippen LogP contribution < -0.4 is 5.73 Å². The molecular weight excluding hydrogens is 296 g/mol. The average Bonchev–Trinajstić information content (AvgIpc) is 2.75. The highest BCUT2D eigenvalue weighted by Gasteiger charge is 2.18. The van der Waals surface area contributed by atoms with Crippen molar-refractivity contribution in [3.05, 3.63) is 34.1 Å². The van der Waals surface area contributed by atoms with Gasteiger partial charge in [-0.1, -0.05) is 5.16 Å². The van der Waals surface area contributed by atoms with Gasteiger partial charge in [0, 0.05) is 5.56 Å². The first-order valence-electron chi connectivity index (χ1n) is 4.73. The fourth-order valence-electron chi connectivity index (χ4n) is 1.23. The summed E-state index contributed by atoms with van der Waals surface area (Å²) in [5.74, 6) is -1.55. The van der Waals surface area contributed by atoms with Crippen molar-refractivity contribution in [2.24, 2.45) is 5.73 Å². The Morgan fingerprint density at radius 3 is 2.71 bits per heavy atom. The van der Waals surface area contributed by atoms with Crippen molar-refractivity contribution in [3.63, 3.8) is 0 Å². The van der Waals surface area contributed by atoms with E-state index in [4.69, 9.17) is 10.3 Å². The molecule has 1 heterocycles. The van der Waals surface area contributed by atoms with Crippen molar-refractivity contribution in [2.75, 3.05) is 0 Å². The fraction of sp³-hybridized carbons (Fsp3) is 0.200. The first kappa shape index (κ1) is 12.1. The molecule has 1 aromatic carbocycles. The van der Waals surface area contributed by atoms with E-state index in [2.05, 4.69) is 26.1 Å². The maximum absolute atomic E-state index is 13.3. The summed E-state index contributed by atoms with van der Waals surface area (Å²) < 4.78 is 31.1. The molecule has 0 bridgehead atoms. The van der Waals surface area contributed by atoms with Crippen LogP contribution in [-0.4, -0.2) is 10.1 Å². The van der Waals surface area contributed by atoms with Gasteiger partial charge < -0.3 is 10.3 Å². The number of halogens is 3. The van der Waals surface area contributed by atoms with E-state index in [0.717, 1.165) is 6.07 Å². The average molecular weight is 304 g/mol. The molecule has 2 aromatic rings. The second-order valence-electron chi connectivity index (χ2n) is 3.47. The molecule has 4 nitrogen and oxygen atoms in total. The zero-order chi connectivity index (χ0) is 12.6. The van der Waals surface area contributed by atoms with Crippen molar-refractivity contribution < 1.29 is 13.3 Å². The van der Waals surface area contributed by atoms with Gasteiger partial charge in [-0.15, -0.1) is 0 Å². The summed E-state index contributed by atoms with van der Waals surface area (Å²) in [4.78, 5) is 3.99. The molecule has 2 N–H and O–H groups in total. The van der Waals surface area contributed by atoms with Gasteiger partial charge in [-0.25, -0.2) is 8.78 Å². The predicted molar refractivity (Wildman–Crippen MR) is 60.0 cm³/mol. The number of rotatable bonds is 2. The summed E-state index contributed by atoms with van der Waals surface area (Å²) in [6.45, 7) is 1.68. The lowest BCUT2D eigenvalue weighted by Crippen LogP contribution is -2.04. The lowest BCUT2D eigenvalue weighted by Gasteiger charge is -2.01. The Morgan fingerprint density at radius 1 is 1.41 bits per heavy atom. The molecule has 0 saturated heterocycles. The van der Waals surface area contributed by atoms with Crippen molar-refractivity contribution in [3.8, 4) is 11.4 Å². The van der Waals surface area contributed by atoms with Crippen LogP contribution in [0.1, 0.15) is 18.9 Å². The summed E-state index contributed by atoms with van der Waals surface area (Å²) >= 11 is 2.95. The van der Waals surface area contributed by atoms with Crippen LogP contribution in [0.3, 0.4) is 0 Å². The van der Waals surface area contributed by atoms with Gasteiger partial charge in [0.2, 0.25) is 11.7 Å². The number of nitrogens with two attached hydrogens (primary N) is 1. The van der Waals surface area contributed by atoms with Crippen LogP contribution in [0, 0.1) is 11.6 Å². The van der Waals surface area contributed by atoms with E-state index < -0.39 is 17.7 Å². The largest absolute Gasteiger partial charge is 0.337 e. The molecule has 0 aliphatic carbocycles. The number of hydrogen-bond donors (Lipinski definition) is 1. The third kappa shape index (κ3) is 2.20. The molecule has 1 aromatic heterocycles. The Labute approximate surface area is 104 Å². The molecule has 0 aliphatic heterocycles. The molecule has 0 aliphatic rings. The van der Waals surface area contributed by atoms with Gasteiger partial charge in [0.25, 0.3) is 0 Å². The van der Waals surface area contributed by atoms with Gasteiger partial charge in [-0.05, 0) is 35.0 Å². The zero-order valence-corrected chi connectivity index (χ0v) is 10.3. The van der Waals surface area contributed by atoms with Crippen LogP contribution in [0.4, 0.5) is 8.78 Å². The molecule has 0 radical (unpaired) electrons. The van der Waals surface area contributed by atoms with Crippen LogP contribution >= 0.6 is 15.9 Å². The van der Waals surface area contributed by atoms with E-state index in [1.54, 1.807) is 6.92 Å². The minimum absolute atomic E-state index is 0.0467. The topological polar surface area (TPSA) is 64.9 Å². The minimum atomic E-state index is -0.991. The molecule has 1 atom stereocenters. The molecule has 0 saturated carbocycles. The first-order chi connectivity index (χ1) is 8.00.